The van der Waals surface area contributed by atoms with Gasteiger partial charge >= 0.3 is 12.4 Å². The minimum atomic E-state index is -4.98. The number of thioether (sulfide) groups is 1. The number of halogens is 6. The second-order valence-electron chi connectivity index (χ2n) is 6.62. The topological polar surface area (TPSA) is 70.8 Å². The van der Waals surface area contributed by atoms with Gasteiger partial charge in [0, 0.05) is 13.1 Å². The summed E-state index contributed by atoms with van der Waals surface area (Å²) in [6.07, 6.45) is -9.88. The van der Waals surface area contributed by atoms with Crippen molar-refractivity contribution in [2.75, 3.05) is 12.8 Å². The summed E-state index contributed by atoms with van der Waals surface area (Å²) < 4.78 is 79.2. The minimum Gasteiger partial charge on any atom is -0.258 e. The zero-order valence-corrected chi connectivity index (χ0v) is 16.4. The highest BCUT2D eigenvalue weighted by molar-refractivity contribution is 8.14. The molecule has 1 heterocycles. The van der Waals surface area contributed by atoms with Crippen molar-refractivity contribution in [2.45, 2.75) is 44.2 Å². The second-order valence-corrected chi connectivity index (χ2v) is 7.88. The molecule has 1 aromatic rings. The molecule has 162 valence electrons. The van der Waals surface area contributed by atoms with E-state index >= 15 is 0 Å². The van der Waals surface area contributed by atoms with Gasteiger partial charge in [-0.3, -0.25) is 10.1 Å². The van der Waals surface area contributed by atoms with Gasteiger partial charge in [-0.25, -0.2) is 15.4 Å². The number of alkyl halides is 6. The molecule has 1 aliphatic rings. The molecule has 0 radical (unpaired) electrons. The van der Waals surface area contributed by atoms with Gasteiger partial charge in [-0.1, -0.05) is 6.92 Å². The molecule has 0 spiro atoms. The standard InChI is InChI=1S/C16H18F6N4O2S/c1-4-29-13(14(2)8-12(16(20,21)22)25(3)24-14)23-9-5-6-11(26(27)28)10(7-9)15(17,18)19/h5-7,12,24H,4,8H2,1-3H3. The monoisotopic (exact) mass is 444 g/mol. The number of nitro groups is 1. The van der Waals surface area contributed by atoms with Gasteiger partial charge in [0.1, 0.15) is 11.6 Å². The third-order valence-corrected chi connectivity index (χ3v) is 5.44. The van der Waals surface area contributed by atoms with Gasteiger partial charge in [0.2, 0.25) is 0 Å². The highest BCUT2D eigenvalue weighted by Gasteiger charge is 2.53. The van der Waals surface area contributed by atoms with Crippen molar-refractivity contribution in [1.29, 1.82) is 0 Å². The molecule has 0 bridgehead atoms. The lowest BCUT2D eigenvalue weighted by Crippen LogP contribution is -2.48. The average Bonchev–Trinajstić information content (AvgIpc) is 2.89. The van der Waals surface area contributed by atoms with Crippen LogP contribution in [0.15, 0.2) is 23.2 Å². The number of nitro benzene ring substituents is 1. The Labute approximate surface area is 166 Å². The van der Waals surface area contributed by atoms with Crippen LogP contribution in [0.1, 0.15) is 25.8 Å². The van der Waals surface area contributed by atoms with Crippen LogP contribution < -0.4 is 5.43 Å². The number of hydrogen-bond acceptors (Lipinski definition) is 6. The molecule has 6 nitrogen and oxygen atoms in total. The summed E-state index contributed by atoms with van der Waals surface area (Å²) in [7, 11) is 1.23. The molecule has 1 aromatic carbocycles. The van der Waals surface area contributed by atoms with Crippen LogP contribution in [0, 0.1) is 10.1 Å². The van der Waals surface area contributed by atoms with Gasteiger partial charge < -0.3 is 0 Å². The maximum absolute atomic E-state index is 13.2. The summed E-state index contributed by atoms with van der Waals surface area (Å²) >= 11 is 1.08. The molecule has 0 aliphatic carbocycles. The van der Waals surface area contributed by atoms with E-state index in [2.05, 4.69) is 10.4 Å². The van der Waals surface area contributed by atoms with E-state index in [1.165, 1.54) is 14.0 Å². The fourth-order valence-electron chi connectivity index (χ4n) is 3.06. The van der Waals surface area contributed by atoms with Crippen LogP contribution in [0.4, 0.5) is 37.7 Å². The maximum Gasteiger partial charge on any atom is 0.423 e. The van der Waals surface area contributed by atoms with E-state index in [4.69, 9.17) is 0 Å². The predicted molar refractivity (Wildman–Crippen MR) is 97.1 cm³/mol. The SMILES string of the molecule is CCSC(=Nc1ccc([N+](=O)[O-])c(C(F)(F)F)c1)C1(C)CC(C(F)(F)F)N(C)N1. The normalized spacial score (nSPS) is 24.2. The third-order valence-electron chi connectivity index (χ3n) is 4.34. The zero-order valence-electron chi connectivity index (χ0n) is 15.6. The molecular weight excluding hydrogens is 426 g/mol. The summed E-state index contributed by atoms with van der Waals surface area (Å²) in [5, 5.41) is 11.9. The van der Waals surface area contributed by atoms with Crippen molar-refractivity contribution in [1.82, 2.24) is 10.4 Å². The quantitative estimate of drug-likeness (QED) is 0.235. The Kier molecular flexibility index (Phi) is 6.55. The summed E-state index contributed by atoms with van der Waals surface area (Å²) in [5.41, 5.74) is -1.40. The number of nitrogens with zero attached hydrogens (tertiary/aromatic N) is 3. The predicted octanol–water partition coefficient (Wildman–Crippen LogP) is 4.93. The molecule has 2 unspecified atom stereocenters. The molecule has 0 aromatic heterocycles. The minimum absolute atomic E-state index is 0.153. The van der Waals surface area contributed by atoms with Crippen LogP contribution in [0.25, 0.3) is 0 Å². The highest BCUT2D eigenvalue weighted by Crippen LogP contribution is 2.40. The van der Waals surface area contributed by atoms with Crippen LogP contribution in [0.3, 0.4) is 0 Å². The number of nitrogens with one attached hydrogen (secondary N) is 1. The largest absolute Gasteiger partial charge is 0.423 e. The fourth-order valence-corrected chi connectivity index (χ4v) is 3.95. The van der Waals surface area contributed by atoms with E-state index in [0.717, 1.165) is 22.8 Å². The van der Waals surface area contributed by atoms with E-state index in [0.29, 0.717) is 17.9 Å². The Morgan fingerprint density at radius 1 is 1.38 bits per heavy atom. The van der Waals surface area contributed by atoms with E-state index in [1.54, 1.807) is 6.92 Å². The number of hydrogen-bond donors (Lipinski definition) is 1. The van der Waals surface area contributed by atoms with Crippen LogP contribution in [0.2, 0.25) is 0 Å². The van der Waals surface area contributed by atoms with Crippen LogP contribution in [-0.2, 0) is 6.18 Å². The molecule has 1 N–H and O–H groups in total. The van der Waals surface area contributed by atoms with Crippen LogP contribution in [-0.4, -0.2) is 45.5 Å². The van der Waals surface area contributed by atoms with E-state index in [-0.39, 0.29) is 10.7 Å². The number of benzene rings is 1. The molecule has 2 atom stereocenters. The Balaban J connectivity index is 2.50. The van der Waals surface area contributed by atoms with E-state index in [1.807, 2.05) is 0 Å². The average molecular weight is 444 g/mol. The van der Waals surface area contributed by atoms with Crippen molar-refractivity contribution < 1.29 is 31.3 Å². The zero-order chi connectivity index (χ0) is 22.2. The van der Waals surface area contributed by atoms with Gasteiger partial charge in [0.05, 0.1) is 21.2 Å². The van der Waals surface area contributed by atoms with Gasteiger partial charge in [-0.2, -0.15) is 26.3 Å². The first-order valence-electron chi connectivity index (χ1n) is 8.34. The summed E-state index contributed by atoms with van der Waals surface area (Å²) in [4.78, 5) is 13.9. The summed E-state index contributed by atoms with van der Waals surface area (Å²) in [5.74, 6) is 0.412. The number of rotatable bonds is 4. The molecule has 0 saturated carbocycles. The Morgan fingerprint density at radius 3 is 2.45 bits per heavy atom. The smallest absolute Gasteiger partial charge is 0.258 e. The molecule has 13 heteroatoms. The Bertz CT molecular complexity index is 814. The Hall–Kier alpha value is -1.86. The van der Waals surface area contributed by atoms with Crippen LogP contribution in [0.5, 0.6) is 0 Å². The first-order chi connectivity index (χ1) is 13.2. The highest BCUT2D eigenvalue weighted by atomic mass is 32.2. The summed E-state index contributed by atoms with van der Waals surface area (Å²) in [6.45, 7) is 3.20. The van der Waals surface area contributed by atoms with Crippen molar-refractivity contribution in [3.8, 4) is 0 Å². The maximum atomic E-state index is 13.2. The molecule has 1 fully saturated rings. The molecule has 1 saturated heterocycles. The molecule has 29 heavy (non-hydrogen) atoms. The van der Waals surface area contributed by atoms with Gasteiger partial charge in [0.25, 0.3) is 5.69 Å². The van der Waals surface area contributed by atoms with E-state index in [9.17, 15) is 36.5 Å². The molecule has 0 amide bonds. The second kappa shape index (κ2) is 8.11. The van der Waals surface area contributed by atoms with Crippen molar-refractivity contribution in [2.24, 2.45) is 4.99 Å². The van der Waals surface area contributed by atoms with Gasteiger partial charge in [-0.05, 0) is 31.2 Å². The lowest BCUT2D eigenvalue weighted by atomic mass is 9.97. The lowest BCUT2D eigenvalue weighted by molar-refractivity contribution is -0.388. The van der Waals surface area contributed by atoms with Crippen molar-refractivity contribution in [3.05, 3.63) is 33.9 Å². The van der Waals surface area contributed by atoms with Gasteiger partial charge in [0.15, 0.2) is 0 Å². The van der Waals surface area contributed by atoms with Crippen molar-refractivity contribution in [3.63, 3.8) is 0 Å². The lowest BCUT2D eigenvalue weighted by Gasteiger charge is -2.26. The Morgan fingerprint density at radius 2 is 2.00 bits per heavy atom. The first kappa shape index (κ1) is 23.4. The molecular formula is C16H18F6N4O2S. The molecule has 2 rings (SSSR count). The van der Waals surface area contributed by atoms with Crippen LogP contribution >= 0.6 is 11.8 Å². The fraction of sp³-hybridized carbons (Fsp3) is 0.562. The number of aliphatic imine (C=N–C) groups is 1. The summed E-state index contributed by atoms with van der Waals surface area (Å²) in [6, 6.07) is 0.452. The van der Waals surface area contributed by atoms with Gasteiger partial charge in [-0.15, -0.1) is 11.8 Å². The first-order valence-corrected chi connectivity index (χ1v) is 9.32. The van der Waals surface area contributed by atoms with Crippen molar-refractivity contribution >= 4 is 28.2 Å². The number of hydrazine groups is 1. The molecule has 1 aliphatic heterocycles. The van der Waals surface area contributed by atoms with E-state index < -0.39 is 46.5 Å². The third kappa shape index (κ3) is 5.20.